The van der Waals surface area contributed by atoms with Gasteiger partial charge in [0.15, 0.2) is 0 Å². The maximum absolute atomic E-state index is 9.57. The van der Waals surface area contributed by atoms with Crippen molar-refractivity contribution >= 4 is 15.9 Å². The van der Waals surface area contributed by atoms with E-state index in [-0.39, 0.29) is 5.41 Å². The van der Waals surface area contributed by atoms with Crippen LogP contribution < -0.4 is 0 Å². The van der Waals surface area contributed by atoms with Crippen molar-refractivity contribution in [3.63, 3.8) is 0 Å². The van der Waals surface area contributed by atoms with Crippen molar-refractivity contribution in [1.82, 2.24) is 0 Å². The molecule has 4 saturated carbocycles. The first kappa shape index (κ1) is 8.72. The van der Waals surface area contributed by atoms with Gasteiger partial charge in [0.05, 0.1) is 0 Å². The molecular weight excluding hydrogens is 228 g/mol. The summed E-state index contributed by atoms with van der Waals surface area (Å²) in [4.78, 5) is 0.609. The summed E-state index contributed by atoms with van der Waals surface area (Å²) in [5.74, 6) is 2.76. The van der Waals surface area contributed by atoms with E-state index >= 15 is 0 Å². The lowest BCUT2D eigenvalue weighted by atomic mass is 9.50. The predicted octanol–water partition coefficient (Wildman–Crippen LogP) is 2.57. The highest BCUT2D eigenvalue weighted by Crippen LogP contribution is 2.61. The Morgan fingerprint density at radius 3 is 2.31 bits per heavy atom. The van der Waals surface area contributed by atoms with E-state index in [1.807, 2.05) is 0 Å². The Balaban J connectivity index is 1.95. The maximum atomic E-state index is 9.57. The minimum absolute atomic E-state index is 0.273. The minimum atomic E-state index is 0.273. The molecule has 74 valence electrons. The van der Waals surface area contributed by atoms with Crippen LogP contribution in [-0.4, -0.2) is 16.5 Å². The van der Waals surface area contributed by atoms with Crippen molar-refractivity contribution in [2.45, 2.75) is 36.9 Å². The van der Waals surface area contributed by atoms with Crippen LogP contribution in [0.1, 0.15) is 32.1 Å². The third kappa shape index (κ3) is 1.08. The van der Waals surface area contributed by atoms with Crippen molar-refractivity contribution in [3.8, 4) is 0 Å². The van der Waals surface area contributed by atoms with Crippen LogP contribution >= 0.6 is 15.9 Å². The van der Waals surface area contributed by atoms with Gasteiger partial charge in [-0.3, -0.25) is 0 Å². The fraction of sp³-hybridized carbons (Fsp3) is 1.00. The van der Waals surface area contributed by atoms with E-state index in [4.69, 9.17) is 0 Å². The topological polar surface area (TPSA) is 20.2 Å². The number of halogens is 1. The van der Waals surface area contributed by atoms with Crippen LogP contribution in [0.15, 0.2) is 0 Å². The van der Waals surface area contributed by atoms with Crippen molar-refractivity contribution in [3.05, 3.63) is 0 Å². The summed E-state index contributed by atoms with van der Waals surface area (Å²) in [6, 6.07) is 0. The van der Waals surface area contributed by atoms with Crippen molar-refractivity contribution in [1.29, 1.82) is 0 Å². The normalized spacial score (nSPS) is 58.6. The molecule has 0 saturated heterocycles. The second-order valence-corrected chi connectivity index (χ2v) is 6.52. The lowest BCUT2D eigenvalue weighted by Gasteiger charge is -2.59. The Morgan fingerprint density at radius 1 is 1.15 bits per heavy atom. The molecule has 3 unspecified atom stereocenters. The molecule has 0 amide bonds. The van der Waals surface area contributed by atoms with Crippen LogP contribution in [0.25, 0.3) is 0 Å². The molecule has 4 aliphatic carbocycles. The van der Waals surface area contributed by atoms with Gasteiger partial charge in [0.25, 0.3) is 0 Å². The third-order valence-corrected chi connectivity index (χ3v) is 6.36. The molecule has 3 atom stereocenters. The van der Waals surface area contributed by atoms with E-state index < -0.39 is 0 Å². The SMILES string of the molecule is OCC12CC3CC(CC(C3)C1Br)C2. The van der Waals surface area contributed by atoms with Crippen molar-refractivity contribution < 1.29 is 5.11 Å². The number of hydrogen-bond donors (Lipinski definition) is 1. The smallest absolute Gasteiger partial charge is 0.0498 e. The van der Waals surface area contributed by atoms with Gasteiger partial charge in [-0.05, 0) is 49.9 Å². The highest BCUT2D eigenvalue weighted by molar-refractivity contribution is 9.09. The van der Waals surface area contributed by atoms with E-state index in [9.17, 15) is 5.11 Å². The third-order valence-electron chi connectivity index (χ3n) is 4.64. The Morgan fingerprint density at radius 2 is 1.77 bits per heavy atom. The number of hydrogen-bond acceptors (Lipinski definition) is 1. The number of rotatable bonds is 1. The van der Waals surface area contributed by atoms with Gasteiger partial charge in [-0.1, -0.05) is 15.9 Å². The summed E-state index contributed by atoms with van der Waals surface area (Å²) in [6.07, 6.45) is 6.87. The summed E-state index contributed by atoms with van der Waals surface area (Å²) in [5, 5.41) is 9.57. The lowest BCUT2D eigenvalue weighted by molar-refractivity contribution is -0.0708. The van der Waals surface area contributed by atoms with Crippen LogP contribution in [0.5, 0.6) is 0 Å². The minimum Gasteiger partial charge on any atom is -0.396 e. The molecule has 0 spiro atoms. The van der Waals surface area contributed by atoms with Crippen LogP contribution in [0.2, 0.25) is 0 Å². The fourth-order valence-electron chi connectivity index (χ4n) is 4.36. The van der Waals surface area contributed by atoms with E-state index in [0.29, 0.717) is 11.4 Å². The molecule has 0 aliphatic heterocycles. The van der Waals surface area contributed by atoms with Gasteiger partial charge in [0.1, 0.15) is 0 Å². The molecule has 1 N–H and O–H groups in total. The molecule has 4 aliphatic rings. The van der Waals surface area contributed by atoms with Crippen LogP contribution in [0.3, 0.4) is 0 Å². The largest absolute Gasteiger partial charge is 0.396 e. The zero-order chi connectivity index (χ0) is 9.05. The monoisotopic (exact) mass is 244 g/mol. The molecular formula is C11H17BrO. The summed E-state index contributed by atoms with van der Waals surface area (Å²) in [7, 11) is 0. The van der Waals surface area contributed by atoms with Gasteiger partial charge < -0.3 is 5.11 Å². The maximum Gasteiger partial charge on any atom is 0.0498 e. The van der Waals surface area contributed by atoms with Gasteiger partial charge in [-0.2, -0.15) is 0 Å². The number of alkyl halides is 1. The molecule has 4 rings (SSSR count). The lowest BCUT2D eigenvalue weighted by Crippen LogP contribution is -2.55. The second kappa shape index (κ2) is 2.73. The molecule has 0 aromatic rings. The van der Waals surface area contributed by atoms with Gasteiger partial charge in [0, 0.05) is 16.8 Å². The predicted molar refractivity (Wildman–Crippen MR) is 55.8 cm³/mol. The highest BCUT2D eigenvalue weighted by atomic mass is 79.9. The van der Waals surface area contributed by atoms with E-state index in [0.717, 1.165) is 17.8 Å². The van der Waals surface area contributed by atoms with Crippen molar-refractivity contribution in [2.24, 2.45) is 23.2 Å². The first-order valence-electron chi connectivity index (χ1n) is 5.48. The molecule has 0 heterocycles. The zero-order valence-corrected chi connectivity index (χ0v) is 9.46. The quantitative estimate of drug-likeness (QED) is 0.704. The first-order chi connectivity index (χ1) is 6.23. The van der Waals surface area contributed by atoms with Crippen LogP contribution in [0, 0.1) is 23.2 Å². The molecule has 0 radical (unpaired) electrons. The molecule has 13 heavy (non-hydrogen) atoms. The Kier molecular flexibility index (Phi) is 1.83. The molecule has 0 aromatic carbocycles. The van der Waals surface area contributed by atoms with E-state index in [1.54, 1.807) is 0 Å². The highest BCUT2D eigenvalue weighted by Gasteiger charge is 2.55. The summed E-state index contributed by atoms with van der Waals surface area (Å²) in [6.45, 7) is 0.409. The van der Waals surface area contributed by atoms with Gasteiger partial charge in [-0.25, -0.2) is 0 Å². The standard InChI is InChI=1S/C11H17BrO/c12-10-9-2-7-1-8(3-9)5-11(10,4-7)6-13/h7-10,13H,1-6H2. The van der Waals surface area contributed by atoms with Crippen LogP contribution in [-0.2, 0) is 0 Å². The summed E-state index contributed by atoms with van der Waals surface area (Å²) in [5.41, 5.74) is 0.273. The Hall–Kier alpha value is 0.440. The molecule has 1 nitrogen and oxygen atoms in total. The van der Waals surface area contributed by atoms with Gasteiger partial charge in [0.2, 0.25) is 0 Å². The molecule has 0 aromatic heterocycles. The molecule has 4 bridgehead atoms. The fourth-order valence-corrected chi connectivity index (χ4v) is 5.31. The van der Waals surface area contributed by atoms with Crippen molar-refractivity contribution in [2.75, 3.05) is 6.61 Å². The average molecular weight is 245 g/mol. The Labute approximate surface area is 88.0 Å². The second-order valence-electron chi connectivity index (χ2n) is 5.53. The van der Waals surface area contributed by atoms with Crippen LogP contribution in [0.4, 0.5) is 0 Å². The van der Waals surface area contributed by atoms with Gasteiger partial charge >= 0.3 is 0 Å². The first-order valence-corrected chi connectivity index (χ1v) is 6.40. The van der Waals surface area contributed by atoms with Gasteiger partial charge in [-0.15, -0.1) is 0 Å². The van der Waals surface area contributed by atoms with E-state index in [2.05, 4.69) is 15.9 Å². The van der Waals surface area contributed by atoms with E-state index in [1.165, 1.54) is 32.1 Å². The number of aliphatic hydroxyl groups excluding tert-OH is 1. The molecule has 2 heteroatoms. The average Bonchev–Trinajstić information content (AvgIpc) is 2.12. The molecule has 4 fully saturated rings. The zero-order valence-electron chi connectivity index (χ0n) is 7.88. The summed E-state index contributed by atoms with van der Waals surface area (Å²) < 4.78 is 0. The number of aliphatic hydroxyl groups is 1. The Bertz CT molecular complexity index is 214. The summed E-state index contributed by atoms with van der Waals surface area (Å²) >= 11 is 3.84.